The van der Waals surface area contributed by atoms with E-state index in [0.29, 0.717) is 17.3 Å². The van der Waals surface area contributed by atoms with Crippen LogP contribution in [0.15, 0.2) is 29.9 Å². The number of pyridine rings is 1. The standard InChI is InChI=1S/C11H10ClN3OS/c12-9-2-1-8(7-15-9)11(16)14-4-3-10-13-5-6-17-10/h1-2,5-7H,3-4H2,(H,14,16). The molecule has 0 aliphatic heterocycles. The highest BCUT2D eigenvalue weighted by atomic mass is 35.5. The third-order valence-corrected chi connectivity index (χ3v) is 3.16. The molecule has 17 heavy (non-hydrogen) atoms. The van der Waals surface area contributed by atoms with Gasteiger partial charge in [0.05, 0.1) is 10.6 Å². The number of carbonyl (C=O) groups is 1. The number of nitrogens with one attached hydrogen (secondary N) is 1. The molecular formula is C11H10ClN3OS. The van der Waals surface area contributed by atoms with Gasteiger partial charge in [0.2, 0.25) is 0 Å². The van der Waals surface area contributed by atoms with E-state index in [1.54, 1.807) is 29.7 Å². The molecule has 0 spiro atoms. The van der Waals surface area contributed by atoms with E-state index in [4.69, 9.17) is 11.6 Å². The van der Waals surface area contributed by atoms with Crippen LogP contribution in [0.5, 0.6) is 0 Å². The van der Waals surface area contributed by atoms with E-state index in [0.717, 1.165) is 11.4 Å². The summed E-state index contributed by atoms with van der Waals surface area (Å²) in [4.78, 5) is 19.7. The van der Waals surface area contributed by atoms with Gasteiger partial charge in [-0.25, -0.2) is 9.97 Å². The van der Waals surface area contributed by atoms with Crippen LogP contribution < -0.4 is 5.32 Å². The fourth-order valence-corrected chi connectivity index (χ4v) is 2.00. The van der Waals surface area contributed by atoms with Crippen LogP contribution >= 0.6 is 22.9 Å². The smallest absolute Gasteiger partial charge is 0.252 e. The molecule has 6 heteroatoms. The minimum Gasteiger partial charge on any atom is -0.352 e. The summed E-state index contributed by atoms with van der Waals surface area (Å²) in [6.07, 6.45) is 3.95. The normalized spacial score (nSPS) is 10.2. The van der Waals surface area contributed by atoms with E-state index < -0.39 is 0 Å². The lowest BCUT2D eigenvalue weighted by atomic mass is 10.2. The van der Waals surface area contributed by atoms with Crippen LogP contribution in [0.3, 0.4) is 0 Å². The number of carbonyl (C=O) groups excluding carboxylic acids is 1. The zero-order chi connectivity index (χ0) is 12.1. The fraction of sp³-hybridized carbons (Fsp3) is 0.182. The molecule has 0 aliphatic carbocycles. The van der Waals surface area contributed by atoms with Crippen LogP contribution in [-0.4, -0.2) is 22.4 Å². The molecule has 0 fully saturated rings. The predicted molar refractivity (Wildman–Crippen MR) is 67.4 cm³/mol. The summed E-state index contributed by atoms with van der Waals surface area (Å²) in [5, 5.41) is 6.11. The van der Waals surface area contributed by atoms with E-state index in [-0.39, 0.29) is 5.91 Å². The van der Waals surface area contributed by atoms with Crippen molar-refractivity contribution < 1.29 is 4.79 Å². The number of aromatic nitrogens is 2. The molecule has 4 nitrogen and oxygen atoms in total. The molecule has 0 saturated heterocycles. The Hall–Kier alpha value is -1.46. The Kier molecular flexibility index (Phi) is 4.06. The second-order valence-electron chi connectivity index (χ2n) is 3.30. The first-order valence-electron chi connectivity index (χ1n) is 5.04. The summed E-state index contributed by atoms with van der Waals surface area (Å²) in [6.45, 7) is 0.564. The van der Waals surface area contributed by atoms with Gasteiger partial charge < -0.3 is 5.32 Å². The largest absolute Gasteiger partial charge is 0.352 e. The van der Waals surface area contributed by atoms with Crippen molar-refractivity contribution in [2.75, 3.05) is 6.54 Å². The molecule has 2 aromatic rings. The van der Waals surface area contributed by atoms with Gasteiger partial charge in [-0.15, -0.1) is 11.3 Å². The van der Waals surface area contributed by atoms with E-state index >= 15 is 0 Å². The summed E-state index contributed by atoms with van der Waals surface area (Å²) in [5.74, 6) is -0.147. The van der Waals surface area contributed by atoms with Crippen molar-refractivity contribution in [2.24, 2.45) is 0 Å². The number of amides is 1. The van der Waals surface area contributed by atoms with Crippen molar-refractivity contribution in [1.82, 2.24) is 15.3 Å². The predicted octanol–water partition coefficient (Wildman–Crippen LogP) is 2.16. The Morgan fingerprint density at radius 3 is 2.94 bits per heavy atom. The van der Waals surface area contributed by atoms with E-state index in [1.807, 2.05) is 5.38 Å². The second-order valence-corrected chi connectivity index (χ2v) is 4.67. The van der Waals surface area contributed by atoms with Gasteiger partial charge in [-0.2, -0.15) is 0 Å². The first-order valence-corrected chi connectivity index (χ1v) is 6.29. The van der Waals surface area contributed by atoms with Crippen molar-refractivity contribution >= 4 is 28.8 Å². The summed E-state index contributed by atoms with van der Waals surface area (Å²) < 4.78 is 0. The number of thiazole rings is 1. The first kappa shape index (κ1) is 12.0. The second kappa shape index (κ2) is 5.75. The first-order chi connectivity index (χ1) is 8.25. The number of halogens is 1. The maximum atomic E-state index is 11.7. The minimum atomic E-state index is -0.147. The molecule has 0 aliphatic rings. The fourth-order valence-electron chi connectivity index (χ4n) is 1.27. The summed E-state index contributed by atoms with van der Waals surface area (Å²) in [5.41, 5.74) is 0.508. The van der Waals surface area contributed by atoms with Crippen molar-refractivity contribution in [2.45, 2.75) is 6.42 Å². The van der Waals surface area contributed by atoms with Crippen LogP contribution in [0.2, 0.25) is 5.15 Å². The molecular weight excluding hydrogens is 258 g/mol. The molecule has 0 radical (unpaired) electrons. The zero-order valence-corrected chi connectivity index (χ0v) is 10.5. The molecule has 2 heterocycles. The third kappa shape index (κ3) is 3.51. The highest BCUT2D eigenvalue weighted by Gasteiger charge is 2.05. The molecule has 0 saturated carbocycles. The average Bonchev–Trinajstić information content (AvgIpc) is 2.83. The third-order valence-electron chi connectivity index (χ3n) is 2.10. The van der Waals surface area contributed by atoms with Crippen LogP contribution in [0.1, 0.15) is 15.4 Å². The molecule has 0 aromatic carbocycles. The topological polar surface area (TPSA) is 54.9 Å². The highest BCUT2D eigenvalue weighted by molar-refractivity contribution is 7.09. The van der Waals surface area contributed by atoms with Gasteiger partial charge in [-0.3, -0.25) is 4.79 Å². The van der Waals surface area contributed by atoms with Crippen LogP contribution in [0, 0.1) is 0 Å². The molecule has 1 N–H and O–H groups in total. The Balaban J connectivity index is 1.83. The molecule has 2 aromatic heterocycles. The quantitative estimate of drug-likeness (QED) is 0.864. The lowest BCUT2D eigenvalue weighted by Gasteiger charge is -2.03. The molecule has 1 amide bonds. The summed E-state index contributed by atoms with van der Waals surface area (Å²) in [6, 6.07) is 3.24. The molecule has 2 rings (SSSR count). The van der Waals surface area contributed by atoms with Crippen LogP contribution in [0.4, 0.5) is 0 Å². The summed E-state index contributed by atoms with van der Waals surface area (Å²) in [7, 11) is 0. The van der Waals surface area contributed by atoms with Crippen LogP contribution in [-0.2, 0) is 6.42 Å². The minimum absolute atomic E-state index is 0.147. The van der Waals surface area contributed by atoms with Crippen molar-refractivity contribution in [1.29, 1.82) is 0 Å². The molecule has 0 bridgehead atoms. The van der Waals surface area contributed by atoms with Crippen LogP contribution in [0.25, 0.3) is 0 Å². The van der Waals surface area contributed by atoms with Crippen molar-refractivity contribution in [3.63, 3.8) is 0 Å². The number of hydrogen-bond acceptors (Lipinski definition) is 4. The maximum Gasteiger partial charge on any atom is 0.252 e. The van der Waals surface area contributed by atoms with Crippen molar-refractivity contribution in [3.8, 4) is 0 Å². The zero-order valence-electron chi connectivity index (χ0n) is 8.89. The lowest BCUT2D eigenvalue weighted by Crippen LogP contribution is -2.25. The van der Waals surface area contributed by atoms with Gasteiger partial charge >= 0.3 is 0 Å². The lowest BCUT2D eigenvalue weighted by molar-refractivity contribution is 0.0954. The maximum absolute atomic E-state index is 11.7. The Bertz CT molecular complexity index is 484. The number of rotatable bonds is 4. The monoisotopic (exact) mass is 267 g/mol. The Labute approximate surface area is 108 Å². The molecule has 88 valence electrons. The number of nitrogens with zero attached hydrogens (tertiary/aromatic N) is 2. The Morgan fingerprint density at radius 1 is 1.41 bits per heavy atom. The molecule has 0 atom stereocenters. The van der Waals surface area contributed by atoms with Gasteiger partial charge in [0.15, 0.2) is 0 Å². The van der Waals surface area contributed by atoms with Gasteiger partial charge in [0, 0.05) is 30.7 Å². The molecule has 0 unspecified atom stereocenters. The van der Waals surface area contributed by atoms with E-state index in [2.05, 4.69) is 15.3 Å². The van der Waals surface area contributed by atoms with Gasteiger partial charge in [-0.05, 0) is 12.1 Å². The van der Waals surface area contributed by atoms with Gasteiger partial charge in [0.1, 0.15) is 5.15 Å². The van der Waals surface area contributed by atoms with Crippen molar-refractivity contribution in [3.05, 3.63) is 45.6 Å². The van der Waals surface area contributed by atoms with Gasteiger partial charge in [-0.1, -0.05) is 11.6 Å². The SMILES string of the molecule is O=C(NCCc1nccs1)c1ccc(Cl)nc1. The van der Waals surface area contributed by atoms with E-state index in [9.17, 15) is 4.79 Å². The highest BCUT2D eigenvalue weighted by Crippen LogP contribution is 2.06. The van der Waals surface area contributed by atoms with E-state index in [1.165, 1.54) is 6.20 Å². The van der Waals surface area contributed by atoms with Gasteiger partial charge in [0.25, 0.3) is 5.91 Å². The average molecular weight is 268 g/mol. The number of hydrogen-bond donors (Lipinski definition) is 1. The summed E-state index contributed by atoms with van der Waals surface area (Å²) >= 11 is 7.22. The Morgan fingerprint density at radius 2 is 2.29 bits per heavy atom.